The number of anilines is 1. The highest BCUT2D eigenvalue weighted by Gasteiger charge is 2.29. The van der Waals surface area contributed by atoms with Crippen molar-refractivity contribution >= 4 is 15.7 Å². The highest BCUT2D eigenvalue weighted by atomic mass is 32.2. The number of oxazole rings is 1. The molecule has 1 fully saturated rings. The van der Waals surface area contributed by atoms with Crippen LogP contribution in [0.15, 0.2) is 51.9 Å². The summed E-state index contributed by atoms with van der Waals surface area (Å²) in [6.07, 6.45) is 3.77. The number of aryl methyl sites for hydroxylation is 2. The summed E-state index contributed by atoms with van der Waals surface area (Å²) in [5.41, 5.74) is 1.85. The van der Waals surface area contributed by atoms with Crippen molar-refractivity contribution in [3.63, 3.8) is 0 Å². The number of nitrogens with zero attached hydrogens (tertiary/aromatic N) is 1. The molecule has 27 heavy (non-hydrogen) atoms. The number of nitrogens with one attached hydrogen (secondary N) is 1. The van der Waals surface area contributed by atoms with Crippen molar-refractivity contribution in [3.8, 4) is 11.3 Å². The number of sulfonamides is 1. The van der Waals surface area contributed by atoms with Gasteiger partial charge in [0, 0.05) is 11.5 Å². The van der Waals surface area contributed by atoms with Gasteiger partial charge in [-0.05, 0) is 56.0 Å². The van der Waals surface area contributed by atoms with Crippen LogP contribution in [0.4, 0.5) is 10.1 Å². The predicted molar refractivity (Wildman–Crippen MR) is 101 cm³/mol. The number of benzene rings is 2. The number of hydrogen-bond donors (Lipinski definition) is 1. The fourth-order valence-corrected chi connectivity index (χ4v) is 4.17. The molecule has 0 saturated heterocycles. The monoisotopic (exact) mass is 386 g/mol. The summed E-state index contributed by atoms with van der Waals surface area (Å²) < 4.78 is 47.6. The lowest BCUT2D eigenvalue weighted by Crippen LogP contribution is -2.14. The van der Waals surface area contributed by atoms with Crippen LogP contribution in [0.1, 0.15) is 35.8 Å². The van der Waals surface area contributed by atoms with Crippen LogP contribution >= 0.6 is 0 Å². The Morgan fingerprint density at radius 2 is 1.85 bits per heavy atom. The van der Waals surface area contributed by atoms with Crippen molar-refractivity contribution in [1.29, 1.82) is 0 Å². The van der Waals surface area contributed by atoms with E-state index in [-0.39, 0.29) is 10.6 Å². The minimum atomic E-state index is -3.88. The summed E-state index contributed by atoms with van der Waals surface area (Å²) in [7, 11) is -3.88. The summed E-state index contributed by atoms with van der Waals surface area (Å²) in [5.74, 6) is 1.15. The minimum absolute atomic E-state index is 0.116. The van der Waals surface area contributed by atoms with Gasteiger partial charge in [0.1, 0.15) is 5.82 Å². The second-order valence-electron chi connectivity index (χ2n) is 6.89. The first-order valence-corrected chi connectivity index (χ1v) is 10.2. The zero-order valence-corrected chi connectivity index (χ0v) is 15.8. The third-order valence-corrected chi connectivity index (χ3v) is 6.16. The summed E-state index contributed by atoms with van der Waals surface area (Å²) in [4.78, 5) is 4.40. The van der Waals surface area contributed by atoms with Crippen LogP contribution in [0.3, 0.4) is 0 Å². The average molecular weight is 386 g/mol. The molecular formula is C20H19FN2O3S. The smallest absolute Gasteiger partial charge is 0.262 e. The Bertz CT molecular complexity index is 1120. The van der Waals surface area contributed by atoms with Gasteiger partial charge in [0.2, 0.25) is 0 Å². The molecule has 7 heteroatoms. The Kier molecular flexibility index (Phi) is 4.26. The van der Waals surface area contributed by atoms with Gasteiger partial charge in [0.05, 0.1) is 16.8 Å². The molecule has 0 radical (unpaired) electrons. The molecule has 0 unspecified atom stereocenters. The lowest BCUT2D eigenvalue weighted by Gasteiger charge is -2.12. The molecule has 3 aromatic rings. The molecule has 0 aliphatic heterocycles. The zero-order chi connectivity index (χ0) is 19.2. The first-order chi connectivity index (χ1) is 12.8. The van der Waals surface area contributed by atoms with E-state index >= 15 is 0 Å². The van der Waals surface area contributed by atoms with Crippen LogP contribution in [-0.2, 0) is 10.0 Å². The molecule has 1 heterocycles. The van der Waals surface area contributed by atoms with Gasteiger partial charge in [-0.25, -0.2) is 17.8 Å². The van der Waals surface area contributed by atoms with E-state index in [0.29, 0.717) is 34.3 Å². The molecule has 0 bridgehead atoms. The third-order valence-electron chi connectivity index (χ3n) is 4.64. The second kappa shape index (κ2) is 6.49. The van der Waals surface area contributed by atoms with Crippen LogP contribution in [0.5, 0.6) is 0 Å². The van der Waals surface area contributed by atoms with E-state index in [1.54, 1.807) is 38.2 Å². The molecule has 1 N–H and O–H groups in total. The number of aromatic nitrogens is 1. The fourth-order valence-electron chi connectivity index (χ4n) is 2.85. The Labute approximate surface area is 157 Å². The fraction of sp³-hybridized carbons (Fsp3) is 0.250. The molecule has 1 saturated carbocycles. The van der Waals surface area contributed by atoms with E-state index in [4.69, 9.17) is 4.42 Å². The number of hydrogen-bond acceptors (Lipinski definition) is 4. The van der Waals surface area contributed by atoms with Gasteiger partial charge < -0.3 is 4.42 Å². The molecule has 0 atom stereocenters. The quantitative estimate of drug-likeness (QED) is 0.685. The number of halogens is 1. The molecule has 2 aromatic carbocycles. The van der Waals surface area contributed by atoms with Crippen LogP contribution in [0.2, 0.25) is 0 Å². The summed E-state index contributed by atoms with van der Waals surface area (Å²) in [6.45, 7) is 3.33. The van der Waals surface area contributed by atoms with Crippen molar-refractivity contribution in [2.24, 2.45) is 0 Å². The average Bonchev–Trinajstić information content (AvgIpc) is 3.35. The van der Waals surface area contributed by atoms with Crippen molar-refractivity contribution in [1.82, 2.24) is 4.98 Å². The number of rotatable bonds is 5. The normalized spacial score (nSPS) is 14.3. The third kappa shape index (κ3) is 3.60. The van der Waals surface area contributed by atoms with Crippen molar-refractivity contribution in [3.05, 3.63) is 65.4 Å². The predicted octanol–water partition coefficient (Wildman–Crippen LogP) is 4.78. The largest absolute Gasteiger partial charge is 0.440 e. The van der Waals surface area contributed by atoms with Gasteiger partial charge in [-0.15, -0.1) is 0 Å². The maximum Gasteiger partial charge on any atom is 0.262 e. The molecule has 1 aliphatic rings. The van der Waals surface area contributed by atoms with E-state index in [2.05, 4.69) is 9.71 Å². The first-order valence-electron chi connectivity index (χ1n) is 8.69. The Morgan fingerprint density at radius 3 is 2.56 bits per heavy atom. The maximum absolute atomic E-state index is 13.7. The first kappa shape index (κ1) is 17.7. The van der Waals surface area contributed by atoms with Crippen LogP contribution < -0.4 is 4.72 Å². The van der Waals surface area contributed by atoms with Crippen LogP contribution in [-0.4, -0.2) is 13.4 Å². The van der Waals surface area contributed by atoms with E-state index in [9.17, 15) is 12.8 Å². The molecular weight excluding hydrogens is 367 g/mol. The van der Waals surface area contributed by atoms with Gasteiger partial charge in [-0.2, -0.15) is 0 Å². The maximum atomic E-state index is 13.7. The van der Waals surface area contributed by atoms with Gasteiger partial charge in [-0.1, -0.05) is 18.2 Å². The lowest BCUT2D eigenvalue weighted by molar-refractivity contribution is 0.509. The molecule has 4 rings (SSSR count). The molecule has 1 aliphatic carbocycles. The van der Waals surface area contributed by atoms with Crippen LogP contribution in [0, 0.1) is 19.7 Å². The Hall–Kier alpha value is -2.67. The minimum Gasteiger partial charge on any atom is -0.440 e. The highest BCUT2D eigenvalue weighted by Crippen LogP contribution is 2.40. The highest BCUT2D eigenvalue weighted by molar-refractivity contribution is 7.92. The van der Waals surface area contributed by atoms with Crippen molar-refractivity contribution in [2.45, 2.75) is 37.5 Å². The standard InChI is InChI=1S/C20H19FN2O3S/c1-12-4-8-16(10-17(12)21)23-27(24,25)19-9-15(5-3-13(19)2)18-11-22-20(26-18)14-6-7-14/h3-5,8-11,14,23H,6-7H2,1-2H3. The van der Waals surface area contributed by atoms with Crippen molar-refractivity contribution in [2.75, 3.05) is 4.72 Å². The molecule has 0 spiro atoms. The summed E-state index contributed by atoms with van der Waals surface area (Å²) in [5, 5.41) is 0. The molecule has 1 aromatic heterocycles. The van der Waals surface area contributed by atoms with E-state index in [1.807, 2.05) is 0 Å². The molecule has 5 nitrogen and oxygen atoms in total. The zero-order valence-electron chi connectivity index (χ0n) is 15.0. The van der Waals surface area contributed by atoms with E-state index < -0.39 is 15.8 Å². The topological polar surface area (TPSA) is 72.2 Å². The Morgan fingerprint density at radius 1 is 1.11 bits per heavy atom. The van der Waals surface area contributed by atoms with E-state index in [1.165, 1.54) is 18.2 Å². The van der Waals surface area contributed by atoms with Gasteiger partial charge in [-0.3, -0.25) is 4.72 Å². The second-order valence-corrected chi connectivity index (χ2v) is 8.54. The SMILES string of the molecule is Cc1ccc(NS(=O)(=O)c2cc(-c3cnc(C4CC4)o3)ccc2C)cc1F. The Balaban J connectivity index is 1.67. The summed E-state index contributed by atoms with van der Waals surface area (Å²) >= 11 is 0. The van der Waals surface area contributed by atoms with E-state index in [0.717, 1.165) is 12.8 Å². The van der Waals surface area contributed by atoms with Gasteiger partial charge >= 0.3 is 0 Å². The van der Waals surface area contributed by atoms with Crippen molar-refractivity contribution < 1.29 is 17.2 Å². The lowest BCUT2D eigenvalue weighted by atomic mass is 10.1. The molecule has 0 amide bonds. The molecule has 140 valence electrons. The van der Waals surface area contributed by atoms with Crippen LogP contribution in [0.25, 0.3) is 11.3 Å². The van der Waals surface area contributed by atoms with Gasteiger partial charge in [0.25, 0.3) is 10.0 Å². The summed E-state index contributed by atoms with van der Waals surface area (Å²) in [6, 6.07) is 9.32. The van der Waals surface area contributed by atoms with Gasteiger partial charge in [0.15, 0.2) is 11.7 Å².